The molecule has 0 saturated carbocycles. The van der Waals surface area contributed by atoms with Crippen LogP contribution in [0, 0.1) is 0 Å². The maximum absolute atomic E-state index is 5.96. The van der Waals surface area contributed by atoms with E-state index in [1.165, 1.54) is 0 Å². The second-order valence-corrected chi connectivity index (χ2v) is 4.94. The van der Waals surface area contributed by atoms with Crippen LogP contribution in [0.4, 0.5) is 0 Å². The quantitative estimate of drug-likeness (QED) is 0.932. The van der Waals surface area contributed by atoms with Crippen LogP contribution >= 0.6 is 11.6 Å². The van der Waals surface area contributed by atoms with Gasteiger partial charge in [-0.2, -0.15) is 4.98 Å². The first-order chi connectivity index (χ1) is 9.28. The van der Waals surface area contributed by atoms with Crippen LogP contribution in [0.25, 0.3) is 11.4 Å². The largest absolute Gasteiger partial charge is 0.379 e. The first-order valence-electron chi connectivity index (χ1n) is 6.12. The van der Waals surface area contributed by atoms with Gasteiger partial charge < -0.3 is 14.6 Å². The van der Waals surface area contributed by atoms with Crippen molar-refractivity contribution in [2.75, 3.05) is 20.3 Å². The fraction of sp³-hybridized carbons (Fsp3) is 0.385. The van der Waals surface area contributed by atoms with Gasteiger partial charge >= 0.3 is 0 Å². The zero-order valence-corrected chi connectivity index (χ0v) is 11.2. The average molecular weight is 280 g/mol. The first-order valence-corrected chi connectivity index (χ1v) is 6.50. The maximum atomic E-state index is 5.96. The van der Waals surface area contributed by atoms with Gasteiger partial charge in [0.2, 0.25) is 11.7 Å². The Hall–Kier alpha value is -1.43. The minimum Gasteiger partial charge on any atom is -0.379 e. The Morgan fingerprint density at radius 1 is 1.37 bits per heavy atom. The van der Waals surface area contributed by atoms with Crippen molar-refractivity contribution in [1.29, 1.82) is 0 Å². The van der Waals surface area contributed by atoms with E-state index >= 15 is 0 Å². The molecule has 100 valence electrons. The highest BCUT2D eigenvalue weighted by Crippen LogP contribution is 2.27. The fourth-order valence-corrected chi connectivity index (χ4v) is 2.40. The van der Waals surface area contributed by atoms with Crippen molar-refractivity contribution in [2.45, 2.75) is 12.0 Å². The van der Waals surface area contributed by atoms with Crippen LogP contribution in [0.3, 0.4) is 0 Å². The molecule has 1 aromatic heterocycles. The van der Waals surface area contributed by atoms with Gasteiger partial charge in [0.05, 0.1) is 19.1 Å². The first kappa shape index (κ1) is 12.6. The molecule has 2 atom stereocenters. The van der Waals surface area contributed by atoms with E-state index in [0.717, 1.165) is 5.56 Å². The van der Waals surface area contributed by atoms with Gasteiger partial charge in [-0.3, -0.25) is 0 Å². The van der Waals surface area contributed by atoms with Gasteiger partial charge in [-0.05, 0) is 19.2 Å². The molecule has 0 radical (unpaired) electrons. The number of hydrogen-bond acceptors (Lipinski definition) is 5. The molecular formula is C13H14ClN3O2. The number of ether oxygens (including phenoxy) is 1. The predicted molar refractivity (Wildman–Crippen MR) is 71.2 cm³/mol. The minimum atomic E-state index is 0.102. The molecule has 2 unspecified atom stereocenters. The van der Waals surface area contributed by atoms with Crippen molar-refractivity contribution in [1.82, 2.24) is 15.5 Å². The molecule has 0 bridgehead atoms. The summed E-state index contributed by atoms with van der Waals surface area (Å²) in [5, 5.41) is 7.86. The van der Waals surface area contributed by atoms with Crippen LogP contribution in [0.2, 0.25) is 5.02 Å². The molecule has 2 heterocycles. The Bertz CT molecular complexity index is 573. The molecule has 1 fully saturated rings. The summed E-state index contributed by atoms with van der Waals surface area (Å²) in [4.78, 5) is 4.45. The van der Waals surface area contributed by atoms with Crippen molar-refractivity contribution in [3.63, 3.8) is 0 Å². The highest BCUT2D eigenvalue weighted by molar-refractivity contribution is 6.30. The number of hydrogen-bond donors (Lipinski definition) is 1. The summed E-state index contributed by atoms with van der Waals surface area (Å²) in [5.41, 5.74) is 0.849. The molecular weight excluding hydrogens is 266 g/mol. The van der Waals surface area contributed by atoms with Gasteiger partial charge in [-0.15, -0.1) is 0 Å². The summed E-state index contributed by atoms with van der Waals surface area (Å²) in [6, 6.07) is 7.61. The second kappa shape index (κ2) is 5.28. The lowest BCUT2D eigenvalue weighted by Gasteiger charge is -2.11. The van der Waals surface area contributed by atoms with E-state index in [2.05, 4.69) is 15.5 Å². The molecule has 0 amide bonds. The highest BCUT2D eigenvalue weighted by atomic mass is 35.5. The molecule has 6 heteroatoms. The Morgan fingerprint density at radius 2 is 2.26 bits per heavy atom. The van der Waals surface area contributed by atoms with Gasteiger partial charge in [-0.25, -0.2) is 0 Å². The van der Waals surface area contributed by atoms with Gasteiger partial charge in [-0.1, -0.05) is 28.9 Å². The molecule has 0 aliphatic carbocycles. The van der Waals surface area contributed by atoms with E-state index in [1.54, 1.807) is 0 Å². The molecule has 1 aliphatic heterocycles. The fourth-order valence-electron chi connectivity index (χ4n) is 2.21. The molecule has 5 nitrogen and oxygen atoms in total. The molecule has 2 aromatic rings. The molecule has 3 rings (SSSR count). The van der Waals surface area contributed by atoms with Crippen molar-refractivity contribution in [3.05, 3.63) is 35.2 Å². The number of rotatable bonds is 3. The van der Waals surface area contributed by atoms with E-state index in [9.17, 15) is 0 Å². The Labute approximate surface area is 115 Å². The molecule has 1 saturated heterocycles. The summed E-state index contributed by atoms with van der Waals surface area (Å²) in [6.07, 6.45) is 0. The third-order valence-corrected chi connectivity index (χ3v) is 3.53. The summed E-state index contributed by atoms with van der Waals surface area (Å²) in [5.74, 6) is 1.26. The van der Waals surface area contributed by atoms with Crippen LogP contribution in [-0.4, -0.2) is 36.4 Å². The minimum absolute atomic E-state index is 0.102. The average Bonchev–Trinajstić information content (AvgIpc) is 3.07. The SMILES string of the molecule is CNC1COCC1c1nc(-c2cccc(Cl)c2)no1. The molecule has 0 spiro atoms. The van der Waals surface area contributed by atoms with Crippen molar-refractivity contribution >= 4 is 11.6 Å². The molecule has 1 aromatic carbocycles. The Balaban J connectivity index is 1.87. The number of halogens is 1. The van der Waals surface area contributed by atoms with Gasteiger partial charge in [0, 0.05) is 16.6 Å². The van der Waals surface area contributed by atoms with E-state index < -0.39 is 0 Å². The molecule has 19 heavy (non-hydrogen) atoms. The van der Waals surface area contributed by atoms with E-state index in [0.29, 0.717) is 30.0 Å². The topological polar surface area (TPSA) is 60.2 Å². The number of likely N-dealkylation sites (N-methyl/N-ethyl adjacent to an activating group) is 1. The lowest BCUT2D eigenvalue weighted by Crippen LogP contribution is -2.31. The smallest absolute Gasteiger partial charge is 0.234 e. The summed E-state index contributed by atoms with van der Waals surface area (Å²) < 4.78 is 10.8. The number of nitrogens with zero attached hydrogens (tertiary/aromatic N) is 2. The number of nitrogens with one attached hydrogen (secondary N) is 1. The standard InChI is InChI=1S/C13H14ClN3O2/c1-15-11-7-18-6-10(11)13-16-12(17-19-13)8-3-2-4-9(14)5-8/h2-5,10-11,15H,6-7H2,1H3. The van der Waals surface area contributed by atoms with Crippen LogP contribution in [0.15, 0.2) is 28.8 Å². The normalized spacial score (nSPS) is 22.8. The maximum Gasteiger partial charge on any atom is 0.234 e. The molecule has 1 aliphatic rings. The van der Waals surface area contributed by atoms with Gasteiger partial charge in [0.1, 0.15) is 0 Å². The number of aromatic nitrogens is 2. The van der Waals surface area contributed by atoms with Crippen LogP contribution in [0.5, 0.6) is 0 Å². The lowest BCUT2D eigenvalue weighted by molar-refractivity contribution is 0.185. The molecule has 1 N–H and O–H groups in total. The number of benzene rings is 1. The third-order valence-electron chi connectivity index (χ3n) is 3.29. The van der Waals surface area contributed by atoms with E-state index in [4.69, 9.17) is 20.9 Å². The Morgan fingerprint density at radius 3 is 3.05 bits per heavy atom. The summed E-state index contributed by atoms with van der Waals surface area (Å²) >= 11 is 5.96. The van der Waals surface area contributed by atoms with Crippen molar-refractivity contribution in [2.24, 2.45) is 0 Å². The Kier molecular flexibility index (Phi) is 3.50. The van der Waals surface area contributed by atoms with E-state index in [-0.39, 0.29) is 12.0 Å². The van der Waals surface area contributed by atoms with Crippen LogP contribution in [0.1, 0.15) is 11.8 Å². The summed E-state index contributed by atoms with van der Waals surface area (Å²) in [7, 11) is 1.90. The zero-order chi connectivity index (χ0) is 13.2. The lowest BCUT2D eigenvalue weighted by atomic mass is 10.0. The van der Waals surface area contributed by atoms with Crippen molar-refractivity contribution in [3.8, 4) is 11.4 Å². The van der Waals surface area contributed by atoms with Crippen LogP contribution in [-0.2, 0) is 4.74 Å². The predicted octanol–water partition coefficient (Wildman–Crippen LogP) is 2.09. The van der Waals surface area contributed by atoms with Gasteiger partial charge in [0.25, 0.3) is 0 Å². The van der Waals surface area contributed by atoms with Crippen molar-refractivity contribution < 1.29 is 9.26 Å². The highest BCUT2D eigenvalue weighted by Gasteiger charge is 2.33. The zero-order valence-electron chi connectivity index (χ0n) is 10.5. The summed E-state index contributed by atoms with van der Waals surface area (Å²) in [6.45, 7) is 1.26. The van der Waals surface area contributed by atoms with E-state index in [1.807, 2.05) is 31.3 Å². The third kappa shape index (κ3) is 2.49. The van der Waals surface area contributed by atoms with Crippen LogP contribution < -0.4 is 5.32 Å². The van der Waals surface area contributed by atoms with Gasteiger partial charge in [0.15, 0.2) is 0 Å². The second-order valence-electron chi connectivity index (χ2n) is 4.51. The monoisotopic (exact) mass is 279 g/mol.